The van der Waals surface area contributed by atoms with Crippen LogP contribution < -0.4 is 10.6 Å². The average Bonchev–Trinajstić information content (AvgIpc) is 3.12. The fourth-order valence-electron chi connectivity index (χ4n) is 3.03. The molecule has 0 bridgehead atoms. The number of anilines is 2. The molecule has 2 aromatic carbocycles. The highest BCUT2D eigenvalue weighted by Gasteiger charge is 2.34. The topological polar surface area (TPSA) is 84.7 Å². The van der Waals surface area contributed by atoms with Crippen LogP contribution in [0.5, 0.6) is 0 Å². The number of amides is 1. The van der Waals surface area contributed by atoms with Gasteiger partial charge in [0.05, 0.1) is 15.6 Å². The van der Waals surface area contributed by atoms with E-state index in [1.807, 2.05) is 0 Å². The number of carbonyl (C=O) groups is 1. The zero-order chi connectivity index (χ0) is 19.8. The molecule has 3 aromatic rings. The molecule has 1 aliphatic rings. The first kappa shape index (κ1) is 18.7. The lowest BCUT2D eigenvalue weighted by molar-refractivity contribution is -0.113. The van der Waals surface area contributed by atoms with Crippen LogP contribution in [0.3, 0.4) is 0 Å². The molecule has 1 amide bonds. The van der Waals surface area contributed by atoms with Crippen LogP contribution in [0.4, 0.5) is 11.6 Å². The first-order valence-corrected chi connectivity index (χ1v) is 9.35. The lowest BCUT2D eigenvalue weighted by Gasteiger charge is -2.28. The van der Waals surface area contributed by atoms with Crippen LogP contribution in [0, 0.1) is 0 Å². The highest BCUT2D eigenvalue weighted by molar-refractivity contribution is 6.42. The number of fused-ring (bicyclic) bond motifs is 1. The summed E-state index contributed by atoms with van der Waals surface area (Å²) in [5.41, 5.74) is 2.42. The van der Waals surface area contributed by atoms with Crippen molar-refractivity contribution in [2.45, 2.75) is 13.0 Å². The zero-order valence-electron chi connectivity index (χ0n) is 14.4. The van der Waals surface area contributed by atoms with E-state index in [0.29, 0.717) is 38.0 Å². The molecule has 2 heterocycles. The van der Waals surface area contributed by atoms with E-state index < -0.39 is 6.04 Å². The first-order chi connectivity index (χ1) is 13.4. The van der Waals surface area contributed by atoms with Crippen molar-refractivity contribution in [1.29, 1.82) is 0 Å². The van der Waals surface area contributed by atoms with Gasteiger partial charge in [-0.3, -0.25) is 4.79 Å². The predicted octanol–water partition coefficient (Wildman–Crippen LogP) is 4.56. The molecule has 4 rings (SSSR count). The number of halogens is 3. The molecule has 0 fully saturated rings. The van der Waals surface area contributed by atoms with E-state index in [2.05, 4.69) is 26.2 Å². The Kier molecular flexibility index (Phi) is 4.97. The van der Waals surface area contributed by atoms with E-state index in [4.69, 9.17) is 34.8 Å². The van der Waals surface area contributed by atoms with Gasteiger partial charge in [-0.25, -0.2) is 0 Å². The number of aromatic nitrogens is 4. The molecule has 28 heavy (non-hydrogen) atoms. The first-order valence-electron chi connectivity index (χ1n) is 8.21. The third kappa shape index (κ3) is 3.44. The maximum Gasteiger partial charge on any atom is 0.255 e. The van der Waals surface area contributed by atoms with Crippen molar-refractivity contribution in [3.63, 3.8) is 0 Å². The van der Waals surface area contributed by atoms with Gasteiger partial charge < -0.3 is 10.6 Å². The molecule has 1 unspecified atom stereocenters. The summed E-state index contributed by atoms with van der Waals surface area (Å²) in [7, 11) is 0. The Hall–Kier alpha value is -2.61. The van der Waals surface area contributed by atoms with Gasteiger partial charge in [0.15, 0.2) is 0 Å². The number of tetrazole rings is 1. The highest BCUT2D eigenvalue weighted by atomic mass is 35.5. The van der Waals surface area contributed by atoms with Gasteiger partial charge in [0, 0.05) is 16.4 Å². The van der Waals surface area contributed by atoms with Crippen molar-refractivity contribution < 1.29 is 4.79 Å². The lowest BCUT2D eigenvalue weighted by atomic mass is 9.95. The summed E-state index contributed by atoms with van der Waals surface area (Å²) in [6.07, 6.45) is 0. The van der Waals surface area contributed by atoms with E-state index in [1.165, 1.54) is 4.68 Å². The van der Waals surface area contributed by atoms with Gasteiger partial charge in [-0.2, -0.15) is 4.68 Å². The van der Waals surface area contributed by atoms with Gasteiger partial charge in [0.1, 0.15) is 6.04 Å². The number of allylic oxidation sites excluding steroid dienone is 1. The maximum atomic E-state index is 13.1. The summed E-state index contributed by atoms with van der Waals surface area (Å²) < 4.78 is 1.53. The van der Waals surface area contributed by atoms with E-state index in [0.717, 1.165) is 5.56 Å². The van der Waals surface area contributed by atoms with Gasteiger partial charge in [0.2, 0.25) is 5.95 Å². The average molecular weight is 436 g/mol. The van der Waals surface area contributed by atoms with E-state index in [-0.39, 0.29) is 5.91 Å². The third-order valence-electron chi connectivity index (χ3n) is 4.32. The summed E-state index contributed by atoms with van der Waals surface area (Å²) >= 11 is 18.2. The Morgan fingerprint density at radius 1 is 1.11 bits per heavy atom. The number of carbonyl (C=O) groups excluding carboxylic acids is 1. The molecule has 10 heteroatoms. The molecule has 1 aliphatic heterocycles. The Morgan fingerprint density at radius 2 is 1.86 bits per heavy atom. The highest BCUT2D eigenvalue weighted by Crippen LogP contribution is 2.37. The smallest absolute Gasteiger partial charge is 0.255 e. The van der Waals surface area contributed by atoms with Crippen molar-refractivity contribution in [1.82, 2.24) is 20.2 Å². The zero-order valence-corrected chi connectivity index (χ0v) is 16.7. The van der Waals surface area contributed by atoms with Gasteiger partial charge in [-0.15, -0.1) is 0 Å². The van der Waals surface area contributed by atoms with E-state index in [1.54, 1.807) is 49.4 Å². The van der Waals surface area contributed by atoms with Crippen molar-refractivity contribution in [3.05, 3.63) is 74.4 Å². The number of nitrogens with one attached hydrogen (secondary N) is 2. The fourth-order valence-corrected chi connectivity index (χ4v) is 3.46. The Morgan fingerprint density at radius 3 is 2.57 bits per heavy atom. The van der Waals surface area contributed by atoms with Crippen LogP contribution in [0.2, 0.25) is 15.1 Å². The normalized spacial score (nSPS) is 15.8. The second kappa shape index (κ2) is 7.43. The summed E-state index contributed by atoms with van der Waals surface area (Å²) in [6, 6.07) is 11.4. The van der Waals surface area contributed by atoms with Crippen LogP contribution in [-0.2, 0) is 4.79 Å². The monoisotopic (exact) mass is 434 g/mol. The van der Waals surface area contributed by atoms with Crippen molar-refractivity contribution in [2.24, 2.45) is 0 Å². The molecule has 0 saturated carbocycles. The molecular formula is C18H13Cl3N6O. The van der Waals surface area contributed by atoms with E-state index in [9.17, 15) is 4.79 Å². The Bertz CT molecular complexity index is 1090. The number of benzene rings is 2. The molecule has 1 atom stereocenters. The molecule has 7 nitrogen and oxygen atoms in total. The van der Waals surface area contributed by atoms with Gasteiger partial charge in [-0.05, 0) is 59.3 Å². The van der Waals surface area contributed by atoms with Crippen molar-refractivity contribution in [2.75, 3.05) is 10.6 Å². The molecule has 0 spiro atoms. The molecule has 0 radical (unpaired) electrons. The largest absolute Gasteiger partial charge is 0.326 e. The second-order valence-corrected chi connectivity index (χ2v) is 7.40. The number of hydrogen-bond acceptors (Lipinski definition) is 5. The second-order valence-electron chi connectivity index (χ2n) is 6.15. The lowest BCUT2D eigenvalue weighted by Crippen LogP contribution is -2.31. The summed E-state index contributed by atoms with van der Waals surface area (Å²) in [6.45, 7) is 1.79. The van der Waals surface area contributed by atoms with Crippen LogP contribution in [0.25, 0.3) is 0 Å². The van der Waals surface area contributed by atoms with Crippen molar-refractivity contribution in [3.8, 4) is 0 Å². The van der Waals surface area contributed by atoms with Gasteiger partial charge >= 0.3 is 0 Å². The molecule has 0 saturated heterocycles. The molecule has 142 valence electrons. The minimum absolute atomic E-state index is 0.301. The van der Waals surface area contributed by atoms with E-state index >= 15 is 0 Å². The summed E-state index contributed by atoms with van der Waals surface area (Å²) in [4.78, 5) is 13.1. The van der Waals surface area contributed by atoms with Crippen LogP contribution >= 0.6 is 34.8 Å². The SMILES string of the molecule is CC1=C(C(=O)Nc2ccc(Cl)cc2)C(c2ccc(Cl)c(Cl)c2)n2nnnc2N1. The minimum Gasteiger partial charge on any atom is -0.326 e. The van der Waals surface area contributed by atoms with Crippen LogP contribution in [-0.4, -0.2) is 26.1 Å². The minimum atomic E-state index is -0.576. The fraction of sp³-hybridized carbons (Fsp3) is 0.111. The molecular weight excluding hydrogens is 423 g/mol. The summed E-state index contributed by atoms with van der Waals surface area (Å²) in [5, 5.41) is 19.0. The number of hydrogen-bond donors (Lipinski definition) is 2. The number of rotatable bonds is 3. The van der Waals surface area contributed by atoms with Crippen LogP contribution in [0.15, 0.2) is 53.7 Å². The molecule has 2 N–H and O–H groups in total. The third-order valence-corrected chi connectivity index (χ3v) is 5.31. The number of nitrogens with zero attached hydrogens (tertiary/aromatic N) is 4. The Balaban J connectivity index is 1.77. The van der Waals surface area contributed by atoms with Gasteiger partial charge in [0.25, 0.3) is 5.91 Å². The van der Waals surface area contributed by atoms with Crippen molar-refractivity contribution >= 4 is 52.3 Å². The maximum absolute atomic E-state index is 13.1. The van der Waals surface area contributed by atoms with Crippen LogP contribution in [0.1, 0.15) is 18.5 Å². The molecule has 0 aliphatic carbocycles. The standard InChI is InChI=1S/C18H13Cl3N6O/c1-9-15(17(28)23-12-5-3-11(19)4-6-12)16(27-18(22-9)24-25-26-27)10-2-7-13(20)14(21)8-10/h2-8,16H,1H3,(H,23,28)(H,22,24,26). The quantitative estimate of drug-likeness (QED) is 0.630. The summed E-state index contributed by atoms with van der Waals surface area (Å²) in [5.74, 6) is 0.126. The van der Waals surface area contributed by atoms with Gasteiger partial charge in [-0.1, -0.05) is 46.0 Å². The molecule has 1 aromatic heterocycles. The Labute approximate surface area is 175 Å². The predicted molar refractivity (Wildman–Crippen MR) is 109 cm³/mol.